The summed E-state index contributed by atoms with van der Waals surface area (Å²) >= 11 is 0. The number of hydrogen-bond acceptors (Lipinski definition) is 4. The third-order valence-corrected chi connectivity index (χ3v) is 2.82. The molecule has 1 saturated carbocycles. The highest BCUT2D eigenvalue weighted by Crippen LogP contribution is 2.38. The van der Waals surface area contributed by atoms with E-state index in [2.05, 4.69) is 10.1 Å². The van der Waals surface area contributed by atoms with Crippen LogP contribution in [0.15, 0.2) is 18.3 Å². The first kappa shape index (κ1) is 13.5. The minimum atomic E-state index is -0.397. The molecule has 0 unspecified atom stereocenters. The lowest BCUT2D eigenvalue weighted by atomic mass is 10.3. The Morgan fingerprint density at radius 2 is 2.16 bits per heavy atom. The van der Waals surface area contributed by atoms with Crippen LogP contribution in [-0.2, 0) is 4.74 Å². The van der Waals surface area contributed by atoms with Crippen molar-refractivity contribution in [1.29, 1.82) is 0 Å². The van der Waals surface area contributed by atoms with Gasteiger partial charge in [0, 0.05) is 5.92 Å². The number of carbonyl (C=O) groups is 1. The lowest BCUT2D eigenvalue weighted by Crippen LogP contribution is -2.04. The van der Waals surface area contributed by atoms with E-state index in [0.29, 0.717) is 23.9 Å². The molecule has 5 heteroatoms. The quantitative estimate of drug-likeness (QED) is 0.797. The van der Waals surface area contributed by atoms with Gasteiger partial charge in [-0.25, -0.2) is 14.3 Å². The first-order valence-electron chi connectivity index (χ1n) is 6.81. The van der Waals surface area contributed by atoms with Gasteiger partial charge >= 0.3 is 5.97 Å². The number of rotatable bonds is 3. The standard InChI is InChI=1S/C12H13N3O2.C2H6/c1-2-17-12(16)10-7-15-11(13-10)6-5-9(14-15)8-3-4-8;1-2/h5-8H,2-4H2,1H3;1-2H3. The summed E-state index contributed by atoms with van der Waals surface area (Å²) in [5.74, 6) is 0.193. The van der Waals surface area contributed by atoms with E-state index in [0.717, 1.165) is 5.69 Å². The molecule has 1 aliphatic rings. The van der Waals surface area contributed by atoms with E-state index in [4.69, 9.17) is 4.74 Å². The predicted molar refractivity (Wildman–Crippen MR) is 72.3 cm³/mol. The minimum Gasteiger partial charge on any atom is -0.461 e. The van der Waals surface area contributed by atoms with Crippen molar-refractivity contribution < 1.29 is 9.53 Å². The van der Waals surface area contributed by atoms with Gasteiger partial charge in [0.15, 0.2) is 11.3 Å². The number of aromatic nitrogens is 3. The fourth-order valence-electron chi connectivity index (χ4n) is 1.80. The molecule has 0 amide bonds. The van der Waals surface area contributed by atoms with Crippen LogP contribution in [0.5, 0.6) is 0 Å². The molecule has 3 rings (SSSR count). The molecule has 2 aromatic heterocycles. The van der Waals surface area contributed by atoms with E-state index in [1.54, 1.807) is 17.6 Å². The molecule has 0 radical (unpaired) electrons. The molecule has 1 aliphatic carbocycles. The van der Waals surface area contributed by atoms with Crippen molar-refractivity contribution >= 4 is 11.6 Å². The van der Waals surface area contributed by atoms with Gasteiger partial charge in [0.2, 0.25) is 0 Å². The van der Waals surface area contributed by atoms with E-state index in [1.165, 1.54) is 12.8 Å². The Hall–Kier alpha value is -1.91. The van der Waals surface area contributed by atoms with Crippen LogP contribution in [0.4, 0.5) is 0 Å². The van der Waals surface area contributed by atoms with Crippen molar-refractivity contribution in [3.8, 4) is 0 Å². The third-order valence-electron chi connectivity index (χ3n) is 2.82. The summed E-state index contributed by atoms with van der Waals surface area (Å²) in [7, 11) is 0. The lowest BCUT2D eigenvalue weighted by Gasteiger charge is -1.96. The third kappa shape index (κ3) is 2.92. The molecular weight excluding hydrogens is 242 g/mol. The Kier molecular flexibility index (Phi) is 4.14. The van der Waals surface area contributed by atoms with E-state index in [9.17, 15) is 4.79 Å². The second-order valence-electron chi connectivity index (χ2n) is 4.18. The number of nitrogens with zero attached hydrogens (tertiary/aromatic N) is 3. The summed E-state index contributed by atoms with van der Waals surface area (Å²) in [4.78, 5) is 15.7. The molecule has 2 aromatic rings. The van der Waals surface area contributed by atoms with Crippen LogP contribution in [0, 0.1) is 0 Å². The summed E-state index contributed by atoms with van der Waals surface area (Å²) in [5, 5.41) is 4.45. The molecule has 0 aliphatic heterocycles. The van der Waals surface area contributed by atoms with Gasteiger partial charge in [-0.1, -0.05) is 13.8 Å². The molecule has 0 atom stereocenters. The van der Waals surface area contributed by atoms with Gasteiger partial charge in [0.05, 0.1) is 18.5 Å². The monoisotopic (exact) mass is 261 g/mol. The number of hydrogen-bond donors (Lipinski definition) is 0. The smallest absolute Gasteiger partial charge is 0.358 e. The van der Waals surface area contributed by atoms with Crippen LogP contribution >= 0.6 is 0 Å². The number of ether oxygens (including phenoxy) is 1. The zero-order valence-electron chi connectivity index (χ0n) is 11.6. The molecule has 1 fully saturated rings. The fraction of sp³-hybridized carbons (Fsp3) is 0.500. The van der Waals surface area contributed by atoms with Gasteiger partial charge in [0.25, 0.3) is 0 Å². The fourth-order valence-corrected chi connectivity index (χ4v) is 1.80. The van der Waals surface area contributed by atoms with E-state index in [-0.39, 0.29) is 0 Å². The van der Waals surface area contributed by atoms with Crippen LogP contribution in [0.25, 0.3) is 5.65 Å². The molecule has 5 nitrogen and oxygen atoms in total. The van der Waals surface area contributed by atoms with Crippen LogP contribution < -0.4 is 0 Å². The van der Waals surface area contributed by atoms with Crippen LogP contribution in [0.3, 0.4) is 0 Å². The molecule has 0 spiro atoms. The highest BCUT2D eigenvalue weighted by atomic mass is 16.5. The van der Waals surface area contributed by atoms with Crippen LogP contribution in [-0.4, -0.2) is 27.2 Å². The van der Waals surface area contributed by atoms with Gasteiger partial charge in [-0.05, 0) is 31.9 Å². The van der Waals surface area contributed by atoms with Crippen molar-refractivity contribution in [3.05, 3.63) is 29.7 Å². The van der Waals surface area contributed by atoms with Crippen molar-refractivity contribution in [3.63, 3.8) is 0 Å². The molecule has 102 valence electrons. The van der Waals surface area contributed by atoms with Crippen molar-refractivity contribution in [2.45, 2.75) is 39.5 Å². The van der Waals surface area contributed by atoms with Gasteiger partial charge in [-0.15, -0.1) is 0 Å². The highest BCUT2D eigenvalue weighted by Gasteiger charge is 2.25. The van der Waals surface area contributed by atoms with E-state index < -0.39 is 5.97 Å². The van der Waals surface area contributed by atoms with Crippen LogP contribution in [0.2, 0.25) is 0 Å². The summed E-state index contributed by atoms with van der Waals surface area (Å²) in [6.07, 6.45) is 4.04. The summed E-state index contributed by atoms with van der Waals surface area (Å²) in [6.45, 7) is 6.13. The van der Waals surface area contributed by atoms with Crippen molar-refractivity contribution in [1.82, 2.24) is 14.6 Å². The number of imidazole rings is 1. The topological polar surface area (TPSA) is 56.5 Å². The largest absolute Gasteiger partial charge is 0.461 e. The Balaban J connectivity index is 0.000000637. The number of esters is 1. The summed E-state index contributed by atoms with van der Waals surface area (Å²) in [5.41, 5.74) is 2.06. The number of carbonyl (C=O) groups excluding carboxylic acids is 1. The maximum Gasteiger partial charge on any atom is 0.358 e. The predicted octanol–water partition coefficient (Wildman–Crippen LogP) is 2.81. The molecule has 0 bridgehead atoms. The van der Waals surface area contributed by atoms with Gasteiger partial charge in [-0.3, -0.25) is 0 Å². The average Bonchev–Trinajstić information content (AvgIpc) is 3.20. The Morgan fingerprint density at radius 1 is 1.42 bits per heavy atom. The second kappa shape index (κ2) is 5.82. The average molecular weight is 261 g/mol. The maximum atomic E-state index is 11.5. The lowest BCUT2D eigenvalue weighted by molar-refractivity contribution is 0.0520. The second-order valence-corrected chi connectivity index (χ2v) is 4.18. The zero-order valence-corrected chi connectivity index (χ0v) is 11.6. The first-order chi connectivity index (χ1) is 9.28. The maximum absolute atomic E-state index is 11.5. The SMILES string of the molecule is CC.CCOC(=O)c1cn2nc(C3CC3)ccc2n1. The minimum absolute atomic E-state index is 0.312. The molecule has 2 heterocycles. The first-order valence-corrected chi connectivity index (χ1v) is 6.81. The van der Waals surface area contributed by atoms with E-state index >= 15 is 0 Å². The molecule has 19 heavy (non-hydrogen) atoms. The molecule has 0 N–H and O–H groups in total. The highest BCUT2D eigenvalue weighted by molar-refractivity contribution is 5.87. The zero-order chi connectivity index (χ0) is 13.8. The molecule has 0 saturated heterocycles. The van der Waals surface area contributed by atoms with Gasteiger partial charge in [0.1, 0.15) is 0 Å². The molecule has 0 aromatic carbocycles. The van der Waals surface area contributed by atoms with Crippen molar-refractivity contribution in [2.24, 2.45) is 0 Å². The van der Waals surface area contributed by atoms with Crippen molar-refractivity contribution in [2.75, 3.05) is 6.61 Å². The van der Waals surface area contributed by atoms with Crippen LogP contribution in [0.1, 0.15) is 55.7 Å². The summed E-state index contributed by atoms with van der Waals surface area (Å²) < 4.78 is 6.56. The van der Waals surface area contributed by atoms with Gasteiger partial charge < -0.3 is 4.74 Å². The molecular formula is C14H19N3O2. The number of fused-ring (bicyclic) bond motifs is 1. The normalized spacial score (nSPS) is 13.8. The Bertz CT molecular complexity index is 573. The van der Waals surface area contributed by atoms with Gasteiger partial charge in [-0.2, -0.15) is 5.10 Å². The Morgan fingerprint density at radius 3 is 2.79 bits per heavy atom. The Labute approximate surface area is 112 Å². The van der Waals surface area contributed by atoms with E-state index in [1.807, 2.05) is 26.0 Å². The summed E-state index contributed by atoms with van der Waals surface area (Å²) in [6, 6.07) is 3.87.